The number of carbonyl (C=O) groups excluding carboxylic acids is 1. The quantitative estimate of drug-likeness (QED) is 0.199. The monoisotopic (exact) mass is 498 g/mol. The van der Waals surface area contributed by atoms with Gasteiger partial charge in [0.1, 0.15) is 24.8 Å². The molecule has 0 saturated heterocycles. The average molecular weight is 499 g/mol. The van der Waals surface area contributed by atoms with Crippen LogP contribution in [0.5, 0.6) is 17.2 Å². The van der Waals surface area contributed by atoms with Gasteiger partial charge >= 0.3 is 0 Å². The summed E-state index contributed by atoms with van der Waals surface area (Å²) in [6.45, 7) is 2.93. The molecule has 0 spiro atoms. The van der Waals surface area contributed by atoms with Crippen LogP contribution in [0.2, 0.25) is 0 Å². The number of hydrazone groups is 1. The molecule has 37 heavy (non-hydrogen) atoms. The molecule has 0 bridgehead atoms. The highest BCUT2D eigenvalue weighted by Gasteiger charge is 2.12. The van der Waals surface area contributed by atoms with Crippen LogP contribution in [0, 0.1) is 5.82 Å². The molecule has 0 aromatic heterocycles. The SMILES string of the molecule is CCOc1cc(C(=O)N/N=C/c2cccc(OCc3cccc(F)c3)c2)ccc1OCc1ccccc1. The molecule has 0 aliphatic carbocycles. The van der Waals surface area contributed by atoms with Gasteiger partial charge in [0, 0.05) is 5.56 Å². The Labute approximate surface area is 215 Å². The first-order valence-electron chi connectivity index (χ1n) is 11.8. The van der Waals surface area contributed by atoms with Crippen LogP contribution in [-0.2, 0) is 13.2 Å². The average Bonchev–Trinajstić information content (AvgIpc) is 2.92. The second-order valence-electron chi connectivity index (χ2n) is 8.06. The third-order valence-electron chi connectivity index (χ3n) is 5.28. The van der Waals surface area contributed by atoms with Gasteiger partial charge in [0.15, 0.2) is 11.5 Å². The number of hydrogen-bond acceptors (Lipinski definition) is 5. The molecule has 0 heterocycles. The highest BCUT2D eigenvalue weighted by Crippen LogP contribution is 2.29. The Bertz CT molecular complexity index is 1360. The first-order valence-corrected chi connectivity index (χ1v) is 11.8. The van der Waals surface area contributed by atoms with E-state index in [4.69, 9.17) is 14.2 Å². The van der Waals surface area contributed by atoms with Crippen molar-refractivity contribution in [3.63, 3.8) is 0 Å². The lowest BCUT2D eigenvalue weighted by Gasteiger charge is -2.13. The Morgan fingerprint density at radius 2 is 1.59 bits per heavy atom. The molecule has 0 radical (unpaired) electrons. The van der Waals surface area contributed by atoms with E-state index in [0.29, 0.717) is 36.0 Å². The van der Waals surface area contributed by atoms with Crippen molar-refractivity contribution in [3.05, 3.63) is 125 Å². The zero-order valence-corrected chi connectivity index (χ0v) is 20.4. The summed E-state index contributed by atoms with van der Waals surface area (Å²) in [5.41, 5.74) is 5.41. The standard InChI is InChI=1S/C30H27FN2O4/c1-2-35-29-18-25(14-15-28(29)37-20-22-8-4-3-5-9-22)30(34)33-32-19-23-10-7-13-27(17-23)36-21-24-11-6-12-26(31)16-24/h3-19H,2,20-21H2,1H3,(H,33,34)/b32-19+. The molecule has 0 saturated carbocycles. The van der Waals surface area contributed by atoms with Gasteiger partial charge in [-0.2, -0.15) is 5.10 Å². The molecule has 4 aromatic rings. The van der Waals surface area contributed by atoms with Crippen molar-refractivity contribution in [1.29, 1.82) is 0 Å². The Kier molecular flexibility index (Phi) is 8.86. The highest BCUT2D eigenvalue weighted by atomic mass is 19.1. The van der Waals surface area contributed by atoms with Gasteiger partial charge < -0.3 is 14.2 Å². The van der Waals surface area contributed by atoms with E-state index in [-0.39, 0.29) is 18.3 Å². The third-order valence-corrected chi connectivity index (χ3v) is 5.28. The minimum atomic E-state index is -0.384. The van der Waals surface area contributed by atoms with Crippen molar-refractivity contribution in [3.8, 4) is 17.2 Å². The van der Waals surface area contributed by atoms with Gasteiger partial charge in [-0.1, -0.05) is 54.6 Å². The molecule has 7 heteroatoms. The molecule has 1 N–H and O–H groups in total. The van der Waals surface area contributed by atoms with Gasteiger partial charge in [-0.3, -0.25) is 4.79 Å². The van der Waals surface area contributed by atoms with Crippen LogP contribution in [0.3, 0.4) is 0 Å². The van der Waals surface area contributed by atoms with Gasteiger partial charge in [0.05, 0.1) is 12.8 Å². The number of nitrogens with one attached hydrogen (secondary N) is 1. The predicted molar refractivity (Wildman–Crippen MR) is 141 cm³/mol. The maximum Gasteiger partial charge on any atom is 0.271 e. The summed E-state index contributed by atoms with van der Waals surface area (Å²) in [7, 11) is 0. The molecule has 1 amide bonds. The number of hydrogen-bond donors (Lipinski definition) is 1. The molecular formula is C30H27FN2O4. The van der Waals surface area contributed by atoms with E-state index in [1.165, 1.54) is 18.3 Å². The Morgan fingerprint density at radius 3 is 2.41 bits per heavy atom. The molecule has 0 atom stereocenters. The smallest absolute Gasteiger partial charge is 0.271 e. The van der Waals surface area contributed by atoms with Gasteiger partial charge in [-0.15, -0.1) is 0 Å². The van der Waals surface area contributed by atoms with Crippen molar-refractivity contribution in [2.75, 3.05) is 6.61 Å². The fourth-order valence-corrected chi connectivity index (χ4v) is 3.48. The summed E-state index contributed by atoms with van der Waals surface area (Å²) in [5.74, 6) is 0.955. The van der Waals surface area contributed by atoms with Crippen LogP contribution in [-0.4, -0.2) is 18.7 Å². The van der Waals surface area contributed by atoms with E-state index in [0.717, 1.165) is 16.7 Å². The molecule has 0 aliphatic heterocycles. The fourth-order valence-electron chi connectivity index (χ4n) is 3.48. The van der Waals surface area contributed by atoms with E-state index in [2.05, 4.69) is 10.5 Å². The fraction of sp³-hybridized carbons (Fsp3) is 0.133. The van der Waals surface area contributed by atoms with Crippen LogP contribution < -0.4 is 19.6 Å². The minimum Gasteiger partial charge on any atom is -0.490 e. The number of amides is 1. The van der Waals surface area contributed by atoms with E-state index in [1.54, 1.807) is 42.5 Å². The Balaban J connectivity index is 1.35. The summed E-state index contributed by atoms with van der Waals surface area (Å²) in [4.78, 5) is 12.7. The van der Waals surface area contributed by atoms with Crippen LogP contribution in [0.25, 0.3) is 0 Å². The van der Waals surface area contributed by atoms with E-state index < -0.39 is 0 Å². The van der Waals surface area contributed by atoms with Crippen molar-refractivity contribution >= 4 is 12.1 Å². The largest absolute Gasteiger partial charge is 0.490 e. The molecule has 4 rings (SSSR count). The number of benzene rings is 4. The molecule has 4 aromatic carbocycles. The highest BCUT2D eigenvalue weighted by molar-refractivity contribution is 5.95. The normalized spacial score (nSPS) is 10.8. The first kappa shape index (κ1) is 25.4. The maximum absolute atomic E-state index is 13.3. The molecule has 6 nitrogen and oxygen atoms in total. The van der Waals surface area contributed by atoms with Gasteiger partial charge in [0.2, 0.25) is 0 Å². The van der Waals surface area contributed by atoms with Crippen molar-refractivity contribution < 1.29 is 23.4 Å². The second kappa shape index (κ2) is 12.9. The number of carbonyl (C=O) groups is 1. The molecule has 0 fully saturated rings. The van der Waals surface area contributed by atoms with E-state index >= 15 is 0 Å². The minimum absolute atomic E-state index is 0.238. The van der Waals surface area contributed by atoms with Crippen molar-refractivity contribution in [2.24, 2.45) is 5.10 Å². The molecule has 188 valence electrons. The Hall–Kier alpha value is -4.65. The number of rotatable bonds is 11. The molecule has 0 aliphatic rings. The van der Waals surface area contributed by atoms with Crippen LogP contribution in [0.1, 0.15) is 34.0 Å². The van der Waals surface area contributed by atoms with Gasteiger partial charge in [-0.25, -0.2) is 9.82 Å². The van der Waals surface area contributed by atoms with Gasteiger partial charge in [-0.05, 0) is 66.1 Å². The summed E-state index contributed by atoms with van der Waals surface area (Å²) in [6, 6.07) is 28.3. The van der Waals surface area contributed by atoms with Crippen LogP contribution in [0.15, 0.2) is 102 Å². The summed E-state index contributed by atoms with van der Waals surface area (Å²) >= 11 is 0. The zero-order valence-electron chi connectivity index (χ0n) is 20.4. The summed E-state index contributed by atoms with van der Waals surface area (Å²) in [6.07, 6.45) is 1.52. The third kappa shape index (κ3) is 7.67. The van der Waals surface area contributed by atoms with E-state index in [9.17, 15) is 9.18 Å². The Morgan fingerprint density at radius 1 is 0.811 bits per heavy atom. The zero-order chi connectivity index (χ0) is 25.9. The lowest BCUT2D eigenvalue weighted by molar-refractivity contribution is 0.0954. The summed E-state index contributed by atoms with van der Waals surface area (Å²) in [5, 5.41) is 4.06. The maximum atomic E-state index is 13.3. The lowest BCUT2D eigenvalue weighted by Crippen LogP contribution is -2.17. The predicted octanol–water partition coefficient (Wildman–Crippen LogP) is 6.15. The van der Waals surface area contributed by atoms with Crippen molar-refractivity contribution in [1.82, 2.24) is 5.43 Å². The number of nitrogens with zero attached hydrogens (tertiary/aromatic N) is 1. The lowest BCUT2D eigenvalue weighted by atomic mass is 10.2. The van der Waals surface area contributed by atoms with Crippen LogP contribution in [0.4, 0.5) is 4.39 Å². The second-order valence-corrected chi connectivity index (χ2v) is 8.06. The number of ether oxygens (including phenoxy) is 3. The first-order chi connectivity index (χ1) is 18.1. The van der Waals surface area contributed by atoms with Gasteiger partial charge in [0.25, 0.3) is 5.91 Å². The molecule has 0 unspecified atom stereocenters. The van der Waals surface area contributed by atoms with E-state index in [1.807, 2.05) is 49.4 Å². The van der Waals surface area contributed by atoms with Crippen molar-refractivity contribution in [2.45, 2.75) is 20.1 Å². The molecular weight excluding hydrogens is 471 g/mol. The topological polar surface area (TPSA) is 69.2 Å². The number of halogens is 1. The summed E-state index contributed by atoms with van der Waals surface area (Å²) < 4.78 is 30.7. The van der Waals surface area contributed by atoms with Crippen LogP contribution >= 0.6 is 0 Å².